The molecular weight excluding hydrogens is 270 g/mol. The molecule has 2 N–H and O–H groups in total. The topological polar surface area (TPSA) is 71.5 Å². The number of nitrogens with zero attached hydrogens (tertiary/aromatic N) is 1. The minimum atomic E-state index is -2.63. The fourth-order valence-corrected chi connectivity index (χ4v) is 1.35. The monoisotopic (exact) mass is 288 g/mol. The Kier molecular flexibility index (Phi) is 6.30. The Morgan fingerprint density at radius 3 is 2.80 bits per heavy atom. The Bertz CT molecular complexity index is 441. The highest BCUT2D eigenvalue weighted by Crippen LogP contribution is 2.16. The number of aromatic nitrogens is 1. The number of amides is 1. The fourth-order valence-electron chi connectivity index (χ4n) is 1.35. The molecule has 0 saturated heterocycles. The lowest BCUT2D eigenvalue weighted by Gasteiger charge is -2.15. The number of aliphatic hydroxyl groups excluding tert-OH is 1. The summed E-state index contributed by atoms with van der Waals surface area (Å²) in [6, 6.07) is 2.88. The molecular formula is C13H18F2N2O3. The number of alkyl halides is 2. The third-order valence-corrected chi connectivity index (χ3v) is 2.59. The normalized spacial score (nSPS) is 12.6. The first-order chi connectivity index (χ1) is 9.41. The summed E-state index contributed by atoms with van der Waals surface area (Å²) < 4.78 is 29.1. The molecule has 0 aromatic carbocycles. The van der Waals surface area contributed by atoms with Gasteiger partial charge in [-0.15, -0.1) is 0 Å². The maximum atomic E-state index is 12.1. The quantitative estimate of drug-likeness (QED) is 0.797. The smallest absolute Gasteiger partial charge is 0.273 e. The first-order valence-electron chi connectivity index (χ1n) is 6.24. The van der Waals surface area contributed by atoms with Gasteiger partial charge in [-0.25, -0.2) is 13.8 Å². The van der Waals surface area contributed by atoms with E-state index in [-0.39, 0.29) is 23.9 Å². The van der Waals surface area contributed by atoms with Gasteiger partial charge < -0.3 is 15.2 Å². The van der Waals surface area contributed by atoms with E-state index in [0.717, 1.165) is 0 Å². The van der Waals surface area contributed by atoms with Gasteiger partial charge in [-0.3, -0.25) is 4.79 Å². The second-order valence-electron chi connectivity index (χ2n) is 4.57. The van der Waals surface area contributed by atoms with Crippen LogP contribution >= 0.6 is 0 Å². The predicted octanol–water partition coefficient (Wildman–Crippen LogP) is 1.47. The molecule has 0 spiro atoms. The highest BCUT2D eigenvalue weighted by molar-refractivity contribution is 5.94. The van der Waals surface area contributed by atoms with Crippen LogP contribution in [0, 0.1) is 5.92 Å². The summed E-state index contributed by atoms with van der Waals surface area (Å²) in [5, 5.41) is 12.1. The summed E-state index contributed by atoms with van der Waals surface area (Å²) in [5.41, 5.74) is -0.0795. The van der Waals surface area contributed by atoms with Crippen LogP contribution < -0.4 is 10.1 Å². The maximum absolute atomic E-state index is 12.1. The molecule has 1 aromatic rings. The van der Waals surface area contributed by atoms with E-state index in [0.29, 0.717) is 0 Å². The third kappa shape index (κ3) is 5.08. The van der Waals surface area contributed by atoms with Crippen LogP contribution in [0.25, 0.3) is 0 Å². The lowest BCUT2D eigenvalue weighted by Crippen LogP contribution is -2.35. The molecule has 0 aliphatic heterocycles. The maximum Gasteiger partial charge on any atom is 0.273 e. The summed E-state index contributed by atoms with van der Waals surface area (Å²) in [7, 11) is 0. The zero-order chi connectivity index (χ0) is 15.1. The van der Waals surface area contributed by atoms with Gasteiger partial charge in [0.15, 0.2) is 11.4 Å². The Hall–Kier alpha value is -1.76. The van der Waals surface area contributed by atoms with Crippen molar-refractivity contribution in [2.75, 3.05) is 13.2 Å². The van der Waals surface area contributed by atoms with Crippen molar-refractivity contribution in [3.05, 3.63) is 24.0 Å². The average molecular weight is 288 g/mol. The Labute approximate surface area is 116 Å². The van der Waals surface area contributed by atoms with Gasteiger partial charge in [-0.1, -0.05) is 13.8 Å². The summed E-state index contributed by atoms with van der Waals surface area (Å²) in [4.78, 5) is 15.7. The number of carbonyl (C=O) groups is 1. The Morgan fingerprint density at radius 1 is 1.50 bits per heavy atom. The largest absolute Gasteiger partial charge is 0.485 e. The van der Waals surface area contributed by atoms with Crippen LogP contribution in [0.4, 0.5) is 8.78 Å². The molecule has 1 aromatic heterocycles. The van der Waals surface area contributed by atoms with E-state index in [4.69, 9.17) is 4.74 Å². The van der Waals surface area contributed by atoms with Crippen molar-refractivity contribution in [1.29, 1.82) is 0 Å². The van der Waals surface area contributed by atoms with Gasteiger partial charge in [0.05, 0.1) is 6.10 Å². The molecule has 0 aliphatic rings. The molecule has 1 unspecified atom stereocenters. The number of carbonyl (C=O) groups excluding carboxylic acids is 1. The first kappa shape index (κ1) is 16.3. The molecule has 0 radical (unpaired) electrons. The van der Waals surface area contributed by atoms with Crippen molar-refractivity contribution >= 4 is 5.91 Å². The van der Waals surface area contributed by atoms with E-state index >= 15 is 0 Å². The van der Waals surface area contributed by atoms with Crippen LogP contribution in [-0.4, -0.2) is 41.7 Å². The molecule has 1 amide bonds. The highest BCUT2D eigenvalue weighted by atomic mass is 19.3. The minimum absolute atomic E-state index is 0.00594. The van der Waals surface area contributed by atoms with Crippen LogP contribution in [0.5, 0.6) is 5.75 Å². The van der Waals surface area contributed by atoms with Crippen molar-refractivity contribution < 1.29 is 23.4 Å². The lowest BCUT2D eigenvalue weighted by molar-refractivity contribution is 0.0776. The number of rotatable bonds is 7. The van der Waals surface area contributed by atoms with E-state index in [2.05, 4.69) is 10.3 Å². The molecule has 20 heavy (non-hydrogen) atoms. The van der Waals surface area contributed by atoms with Gasteiger partial charge in [0.2, 0.25) is 0 Å². The minimum Gasteiger partial charge on any atom is -0.485 e. The van der Waals surface area contributed by atoms with Gasteiger partial charge in [0, 0.05) is 12.7 Å². The van der Waals surface area contributed by atoms with Crippen molar-refractivity contribution in [3.8, 4) is 5.75 Å². The summed E-state index contributed by atoms with van der Waals surface area (Å²) in [5.74, 6) is -0.590. The predicted molar refractivity (Wildman–Crippen MR) is 68.9 cm³/mol. The number of aliphatic hydroxyl groups is 1. The molecule has 0 bridgehead atoms. The third-order valence-electron chi connectivity index (χ3n) is 2.59. The molecule has 0 aliphatic carbocycles. The summed E-state index contributed by atoms with van der Waals surface area (Å²) >= 11 is 0. The van der Waals surface area contributed by atoms with Gasteiger partial charge in [0.1, 0.15) is 6.61 Å². The van der Waals surface area contributed by atoms with Crippen molar-refractivity contribution in [2.45, 2.75) is 26.4 Å². The van der Waals surface area contributed by atoms with Gasteiger partial charge in [-0.2, -0.15) is 0 Å². The van der Waals surface area contributed by atoms with Crippen molar-refractivity contribution in [3.63, 3.8) is 0 Å². The van der Waals surface area contributed by atoms with Crippen LogP contribution in [0.1, 0.15) is 24.3 Å². The zero-order valence-electron chi connectivity index (χ0n) is 11.3. The van der Waals surface area contributed by atoms with Crippen LogP contribution in [-0.2, 0) is 0 Å². The molecule has 0 fully saturated rings. The van der Waals surface area contributed by atoms with Gasteiger partial charge in [0.25, 0.3) is 12.3 Å². The Balaban J connectivity index is 2.67. The van der Waals surface area contributed by atoms with E-state index in [1.807, 2.05) is 13.8 Å². The lowest BCUT2D eigenvalue weighted by atomic mass is 10.1. The number of halogens is 2. The zero-order valence-corrected chi connectivity index (χ0v) is 11.3. The molecule has 5 nitrogen and oxygen atoms in total. The molecule has 0 saturated carbocycles. The van der Waals surface area contributed by atoms with Crippen LogP contribution in [0.3, 0.4) is 0 Å². The van der Waals surface area contributed by atoms with E-state index in [1.165, 1.54) is 18.3 Å². The van der Waals surface area contributed by atoms with E-state index in [1.54, 1.807) is 0 Å². The number of ether oxygens (including phenoxy) is 1. The SMILES string of the molecule is CC(C)C(O)CNC(=O)c1ncccc1OCC(F)F. The van der Waals surface area contributed by atoms with Crippen molar-refractivity contribution in [1.82, 2.24) is 10.3 Å². The Morgan fingerprint density at radius 2 is 2.20 bits per heavy atom. The second kappa shape index (κ2) is 7.74. The van der Waals surface area contributed by atoms with Crippen molar-refractivity contribution in [2.24, 2.45) is 5.92 Å². The molecule has 7 heteroatoms. The van der Waals surface area contributed by atoms with Gasteiger partial charge >= 0.3 is 0 Å². The molecule has 112 valence electrons. The van der Waals surface area contributed by atoms with E-state index < -0.39 is 25.0 Å². The van der Waals surface area contributed by atoms with Gasteiger partial charge in [-0.05, 0) is 18.1 Å². The van der Waals surface area contributed by atoms with Crippen LogP contribution in [0.15, 0.2) is 18.3 Å². The van der Waals surface area contributed by atoms with E-state index in [9.17, 15) is 18.7 Å². The first-order valence-corrected chi connectivity index (χ1v) is 6.24. The number of hydrogen-bond acceptors (Lipinski definition) is 4. The average Bonchev–Trinajstić information content (AvgIpc) is 2.42. The number of nitrogens with one attached hydrogen (secondary N) is 1. The second-order valence-corrected chi connectivity index (χ2v) is 4.57. The number of pyridine rings is 1. The summed E-state index contributed by atoms with van der Waals surface area (Å²) in [6.45, 7) is 2.88. The molecule has 1 rings (SSSR count). The highest BCUT2D eigenvalue weighted by Gasteiger charge is 2.17. The standard InChI is InChI=1S/C13H18F2N2O3/c1-8(2)9(18)6-17-13(19)12-10(4-3-5-16-12)20-7-11(14)15/h3-5,8-9,11,18H,6-7H2,1-2H3,(H,17,19). The molecule has 1 heterocycles. The fraction of sp³-hybridized carbons (Fsp3) is 0.538. The summed E-state index contributed by atoms with van der Waals surface area (Å²) in [6.07, 6.45) is -1.95. The van der Waals surface area contributed by atoms with Crippen LogP contribution in [0.2, 0.25) is 0 Å². The molecule has 1 atom stereocenters. The number of hydrogen-bond donors (Lipinski definition) is 2.